The topological polar surface area (TPSA) is 88.3 Å². The molecular weight excluding hydrogens is 368 g/mol. The Morgan fingerprint density at radius 3 is 2.59 bits per heavy atom. The number of nitrogens with zero attached hydrogens (tertiary/aromatic N) is 3. The molecule has 2 aromatic rings. The molecule has 1 aliphatic rings. The quantitative estimate of drug-likeness (QED) is 0.738. The molecule has 7 heteroatoms. The van der Waals surface area contributed by atoms with Crippen LogP contribution in [0.2, 0.25) is 0 Å². The number of benzene rings is 1. The highest BCUT2D eigenvalue weighted by Gasteiger charge is 2.24. The van der Waals surface area contributed by atoms with E-state index < -0.39 is 0 Å². The van der Waals surface area contributed by atoms with Crippen LogP contribution in [0.3, 0.4) is 0 Å². The van der Waals surface area contributed by atoms with E-state index >= 15 is 0 Å². The van der Waals surface area contributed by atoms with E-state index in [1.807, 2.05) is 35.2 Å². The molecule has 1 aliphatic heterocycles. The predicted octanol–water partition coefficient (Wildman–Crippen LogP) is 3.21. The van der Waals surface area contributed by atoms with E-state index in [4.69, 9.17) is 4.42 Å². The average Bonchev–Trinajstić information content (AvgIpc) is 3.17. The number of aryl methyl sites for hydroxylation is 1. The second kappa shape index (κ2) is 10.2. The molecule has 1 saturated heterocycles. The lowest BCUT2D eigenvalue weighted by molar-refractivity contribution is -0.133. The number of rotatable bonds is 8. The highest BCUT2D eigenvalue weighted by molar-refractivity contribution is 5.77. The Balaban J connectivity index is 1.35. The second-order valence-electron chi connectivity index (χ2n) is 8.04. The Labute approximate surface area is 171 Å². The van der Waals surface area contributed by atoms with Crippen molar-refractivity contribution in [3.8, 4) is 11.5 Å². The summed E-state index contributed by atoms with van der Waals surface area (Å²) in [5, 5.41) is 11.2. The van der Waals surface area contributed by atoms with Crippen LogP contribution in [0.5, 0.6) is 0 Å². The van der Waals surface area contributed by atoms with Gasteiger partial charge in [-0.2, -0.15) is 0 Å². The fourth-order valence-corrected chi connectivity index (χ4v) is 3.50. The van der Waals surface area contributed by atoms with Crippen molar-refractivity contribution in [3.63, 3.8) is 0 Å². The van der Waals surface area contributed by atoms with E-state index in [-0.39, 0.29) is 17.9 Å². The van der Waals surface area contributed by atoms with Gasteiger partial charge in [-0.25, -0.2) is 0 Å². The van der Waals surface area contributed by atoms with Gasteiger partial charge in [-0.15, -0.1) is 10.2 Å². The normalized spacial score (nSPS) is 14.9. The van der Waals surface area contributed by atoms with Crippen molar-refractivity contribution in [1.82, 2.24) is 20.4 Å². The van der Waals surface area contributed by atoms with Crippen molar-refractivity contribution >= 4 is 11.8 Å². The summed E-state index contributed by atoms with van der Waals surface area (Å²) in [6.07, 6.45) is 3.90. The molecule has 0 spiro atoms. The fourth-order valence-electron chi connectivity index (χ4n) is 3.50. The highest BCUT2D eigenvalue weighted by Crippen LogP contribution is 2.18. The Kier molecular flexibility index (Phi) is 7.38. The number of piperidine rings is 1. The van der Waals surface area contributed by atoms with Crippen molar-refractivity contribution in [3.05, 3.63) is 36.2 Å². The summed E-state index contributed by atoms with van der Waals surface area (Å²) >= 11 is 0. The van der Waals surface area contributed by atoms with E-state index in [0.29, 0.717) is 43.4 Å². The smallest absolute Gasteiger partial charge is 0.247 e. The fraction of sp³-hybridized carbons (Fsp3) is 0.545. The molecular formula is C22H30N4O3. The number of carbonyl (C=O) groups excluding carboxylic acids is 2. The number of amides is 2. The van der Waals surface area contributed by atoms with Crippen molar-refractivity contribution in [2.45, 2.75) is 58.4 Å². The minimum atomic E-state index is 0.0414. The molecule has 0 saturated carbocycles. The third kappa shape index (κ3) is 6.41. The second-order valence-corrected chi connectivity index (χ2v) is 8.04. The zero-order valence-electron chi connectivity index (χ0n) is 17.3. The van der Waals surface area contributed by atoms with E-state index in [0.717, 1.165) is 31.5 Å². The molecule has 1 fully saturated rings. The van der Waals surface area contributed by atoms with Gasteiger partial charge in [0, 0.05) is 44.0 Å². The molecule has 2 heterocycles. The van der Waals surface area contributed by atoms with Gasteiger partial charge in [-0.1, -0.05) is 32.0 Å². The van der Waals surface area contributed by atoms with Crippen LogP contribution in [0.25, 0.3) is 11.5 Å². The molecule has 2 amide bonds. The van der Waals surface area contributed by atoms with Gasteiger partial charge in [0.25, 0.3) is 0 Å². The number of likely N-dealkylation sites (tertiary alicyclic amines) is 1. The summed E-state index contributed by atoms with van der Waals surface area (Å²) in [5.74, 6) is 1.69. The van der Waals surface area contributed by atoms with Gasteiger partial charge in [0.15, 0.2) is 0 Å². The standard InChI is InChI=1S/C22H30N4O3/c1-16(2)15-21(28)26-13-11-18(12-14-26)23-19(27)9-6-10-20-24-25-22(29-20)17-7-4-3-5-8-17/h3-5,7-8,16,18H,6,9-15H2,1-2H3,(H,23,27). The van der Waals surface area contributed by atoms with Gasteiger partial charge in [-0.3, -0.25) is 9.59 Å². The summed E-state index contributed by atoms with van der Waals surface area (Å²) < 4.78 is 5.67. The first-order valence-corrected chi connectivity index (χ1v) is 10.5. The first kappa shape index (κ1) is 21.0. The zero-order chi connectivity index (χ0) is 20.6. The molecule has 0 bridgehead atoms. The summed E-state index contributed by atoms with van der Waals surface area (Å²) in [5.41, 5.74) is 0.891. The largest absolute Gasteiger partial charge is 0.421 e. The Bertz CT molecular complexity index is 795. The molecule has 0 atom stereocenters. The van der Waals surface area contributed by atoms with Crippen LogP contribution in [0, 0.1) is 5.92 Å². The van der Waals surface area contributed by atoms with Crippen molar-refractivity contribution in [2.24, 2.45) is 5.92 Å². The summed E-state index contributed by atoms with van der Waals surface area (Å²) in [7, 11) is 0. The van der Waals surface area contributed by atoms with E-state index in [2.05, 4.69) is 29.4 Å². The van der Waals surface area contributed by atoms with Crippen molar-refractivity contribution < 1.29 is 14.0 Å². The third-order valence-electron chi connectivity index (χ3n) is 5.08. The lowest BCUT2D eigenvalue weighted by Crippen LogP contribution is -2.46. The molecule has 0 aliphatic carbocycles. The molecule has 7 nitrogen and oxygen atoms in total. The SMILES string of the molecule is CC(C)CC(=O)N1CCC(NC(=O)CCCc2nnc(-c3ccccc3)o2)CC1. The zero-order valence-corrected chi connectivity index (χ0v) is 17.3. The van der Waals surface area contributed by atoms with Gasteiger partial charge < -0.3 is 14.6 Å². The molecule has 1 N–H and O–H groups in total. The maximum atomic E-state index is 12.2. The molecule has 1 aromatic heterocycles. The van der Waals surface area contributed by atoms with E-state index in [1.165, 1.54) is 0 Å². The molecule has 0 unspecified atom stereocenters. The monoisotopic (exact) mass is 398 g/mol. The lowest BCUT2D eigenvalue weighted by Gasteiger charge is -2.32. The third-order valence-corrected chi connectivity index (χ3v) is 5.08. The molecule has 0 radical (unpaired) electrons. The van der Waals surface area contributed by atoms with E-state index in [1.54, 1.807) is 0 Å². The van der Waals surface area contributed by atoms with Gasteiger partial charge in [0.05, 0.1) is 0 Å². The Morgan fingerprint density at radius 2 is 1.90 bits per heavy atom. The van der Waals surface area contributed by atoms with Crippen LogP contribution in [0.1, 0.15) is 51.8 Å². The predicted molar refractivity (Wildman–Crippen MR) is 110 cm³/mol. The van der Waals surface area contributed by atoms with Gasteiger partial charge in [0.1, 0.15) is 0 Å². The van der Waals surface area contributed by atoms with Crippen molar-refractivity contribution in [2.75, 3.05) is 13.1 Å². The Morgan fingerprint density at radius 1 is 1.17 bits per heavy atom. The van der Waals surface area contributed by atoms with Crippen LogP contribution < -0.4 is 5.32 Å². The summed E-state index contributed by atoms with van der Waals surface area (Å²) in [4.78, 5) is 26.3. The maximum Gasteiger partial charge on any atom is 0.247 e. The number of nitrogens with one attached hydrogen (secondary N) is 1. The Hall–Kier alpha value is -2.70. The maximum absolute atomic E-state index is 12.2. The lowest BCUT2D eigenvalue weighted by atomic mass is 10.0. The van der Waals surface area contributed by atoms with Gasteiger partial charge in [0.2, 0.25) is 23.6 Å². The van der Waals surface area contributed by atoms with Crippen LogP contribution in [0.15, 0.2) is 34.7 Å². The number of carbonyl (C=O) groups is 2. The van der Waals surface area contributed by atoms with Gasteiger partial charge in [-0.05, 0) is 37.3 Å². The summed E-state index contributed by atoms with van der Waals surface area (Å²) in [6.45, 7) is 5.56. The van der Waals surface area contributed by atoms with Crippen LogP contribution in [-0.2, 0) is 16.0 Å². The average molecular weight is 399 g/mol. The first-order valence-electron chi connectivity index (χ1n) is 10.5. The minimum absolute atomic E-state index is 0.0414. The van der Waals surface area contributed by atoms with Crippen LogP contribution in [-0.4, -0.2) is 46.0 Å². The molecule has 1 aromatic carbocycles. The number of hydrogen-bond donors (Lipinski definition) is 1. The molecule has 156 valence electrons. The van der Waals surface area contributed by atoms with Crippen LogP contribution in [0.4, 0.5) is 0 Å². The first-order chi connectivity index (χ1) is 14.0. The van der Waals surface area contributed by atoms with Gasteiger partial charge >= 0.3 is 0 Å². The number of hydrogen-bond acceptors (Lipinski definition) is 5. The minimum Gasteiger partial charge on any atom is -0.421 e. The summed E-state index contributed by atoms with van der Waals surface area (Å²) in [6, 6.07) is 9.78. The highest BCUT2D eigenvalue weighted by atomic mass is 16.4. The van der Waals surface area contributed by atoms with Crippen molar-refractivity contribution in [1.29, 1.82) is 0 Å². The molecule has 29 heavy (non-hydrogen) atoms. The number of aromatic nitrogens is 2. The molecule has 3 rings (SSSR count). The van der Waals surface area contributed by atoms with Crippen LogP contribution >= 0.6 is 0 Å². The van der Waals surface area contributed by atoms with E-state index in [9.17, 15) is 9.59 Å².